The number of carbonyl (C=O) groups is 4. The standard InChI is InChI=1S/C15H15N3O5/c1-23-10-4-2-7(13(16)20)8-6-18(15(22)12(8)10)9-3-5-11(19)17-14(9)21/h2,4,9H,3,5-6H2,1H3,(H2,16,20)(H,17,19,21). The average Bonchev–Trinajstić information content (AvgIpc) is 2.84. The number of nitrogens with one attached hydrogen (secondary N) is 1. The SMILES string of the molecule is COc1ccc(C(N)=O)c2c1C(=O)N(C1CCC(=O)NC1=O)C2. The van der Waals surface area contributed by atoms with Crippen molar-refractivity contribution >= 4 is 23.6 Å². The van der Waals surface area contributed by atoms with E-state index in [2.05, 4.69) is 5.32 Å². The van der Waals surface area contributed by atoms with Gasteiger partial charge in [0, 0.05) is 24.1 Å². The minimum absolute atomic E-state index is 0.0793. The number of amides is 4. The minimum Gasteiger partial charge on any atom is -0.496 e. The molecular formula is C15H15N3O5. The lowest BCUT2D eigenvalue weighted by Crippen LogP contribution is -2.52. The molecule has 2 aliphatic rings. The number of fused-ring (bicyclic) bond motifs is 1. The van der Waals surface area contributed by atoms with Gasteiger partial charge in [-0.25, -0.2) is 0 Å². The number of hydrogen-bond acceptors (Lipinski definition) is 5. The summed E-state index contributed by atoms with van der Waals surface area (Å²) in [5.74, 6) is -1.60. The molecule has 1 aromatic carbocycles. The smallest absolute Gasteiger partial charge is 0.258 e. The van der Waals surface area contributed by atoms with E-state index in [0.29, 0.717) is 11.3 Å². The lowest BCUT2D eigenvalue weighted by atomic mass is 10.0. The Morgan fingerprint density at radius 2 is 2.09 bits per heavy atom. The van der Waals surface area contributed by atoms with Gasteiger partial charge in [-0.2, -0.15) is 0 Å². The summed E-state index contributed by atoms with van der Waals surface area (Å²) in [7, 11) is 1.42. The van der Waals surface area contributed by atoms with E-state index in [1.165, 1.54) is 24.1 Å². The van der Waals surface area contributed by atoms with Crippen molar-refractivity contribution in [2.75, 3.05) is 7.11 Å². The van der Waals surface area contributed by atoms with Crippen molar-refractivity contribution in [2.45, 2.75) is 25.4 Å². The van der Waals surface area contributed by atoms with Crippen LogP contribution < -0.4 is 15.8 Å². The summed E-state index contributed by atoms with van der Waals surface area (Å²) in [5, 5.41) is 2.22. The van der Waals surface area contributed by atoms with E-state index in [9.17, 15) is 19.2 Å². The topological polar surface area (TPSA) is 119 Å². The molecule has 0 spiro atoms. The average molecular weight is 317 g/mol. The van der Waals surface area contributed by atoms with E-state index in [1.807, 2.05) is 0 Å². The van der Waals surface area contributed by atoms with Gasteiger partial charge in [-0.15, -0.1) is 0 Å². The fourth-order valence-corrected chi connectivity index (χ4v) is 3.04. The van der Waals surface area contributed by atoms with Gasteiger partial charge in [0.15, 0.2) is 0 Å². The van der Waals surface area contributed by atoms with E-state index >= 15 is 0 Å². The first-order valence-corrected chi connectivity index (χ1v) is 7.08. The van der Waals surface area contributed by atoms with Gasteiger partial charge in [-0.1, -0.05) is 0 Å². The predicted molar refractivity (Wildman–Crippen MR) is 77.6 cm³/mol. The summed E-state index contributed by atoms with van der Waals surface area (Å²) in [6.45, 7) is 0.0793. The normalized spacial score (nSPS) is 20.3. The zero-order chi connectivity index (χ0) is 16.7. The molecule has 1 aromatic rings. The first-order chi connectivity index (χ1) is 10.9. The molecule has 4 amide bonds. The summed E-state index contributed by atoms with van der Waals surface area (Å²) in [5.41, 5.74) is 6.28. The molecule has 3 rings (SSSR count). The first-order valence-electron chi connectivity index (χ1n) is 7.08. The van der Waals surface area contributed by atoms with Crippen LogP contribution in [-0.4, -0.2) is 41.7 Å². The van der Waals surface area contributed by atoms with Crippen LogP contribution >= 0.6 is 0 Å². The van der Waals surface area contributed by atoms with Gasteiger partial charge in [0.05, 0.1) is 12.7 Å². The minimum atomic E-state index is -0.752. The van der Waals surface area contributed by atoms with Crippen molar-refractivity contribution in [2.24, 2.45) is 5.73 Å². The number of primary amides is 1. The zero-order valence-corrected chi connectivity index (χ0v) is 12.4. The Morgan fingerprint density at radius 1 is 1.35 bits per heavy atom. The maximum absolute atomic E-state index is 12.7. The van der Waals surface area contributed by atoms with E-state index < -0.39 is 23.8 Å². The Labute approximate surface area is 131 Å². The van der Waals surface area contributed by atoms with Crippen molar-refractivity contribution in [3.63, 3.8) is 0 Å². The Balaban J connectivity index is 2.01. The van der Waals surface area contributed by atoms with Gasteiger partial charge in [-0.05, 0) is 18.6 Å². The number of benzene rings is 1. The van der Waals surface area contributed by atoms with Gasteiger partial charge < -0.3 is 15.4 Å². The van der Waals surface area contributed by atoms with Crippen LogP contribution in [0.25, 0.3) is 0 Å². The summed E-state index contributed by atoms with van der Waals surface area (Å²) in [6, 6.07) is 2.25. The van der Waals surface area contributed by atoms with Crippen LogP contribution in [0.1, 0.15) is 39.1 Å². The van der Waals surface area contributed by atoms with Crippen LogP contribution in [0.3, 0.4) is 0 Å². The number of ether oxygens (including phenoxy) is 1. The van der Waals surface area contributed by atoms with E-state index in [1.54, 1.807) is 0 Å². The molecule has 120 valence electrons. The summed E-state index contributed by atoms with van der Waals surface area (Å²) in [4.78, 5) is 48.9. The second-order valence-corrected chi connectivity index (χ2v) is 5.43. The lowest BCUT2D eigenvalue weighted by Gasteiger charge is -2.29. The number of imide groups is 1. The third-order valence-electron chi connectivity index (χ3n) is 4.15. The van der Waals surface area contributed by atoms with Gasteiger partial charge in [0.1, 0.15) is 11.8 Å². The highest BCUT2D eigenvalue weighted by Gasteiger charge is 2.41. The van der Waals surface area contributed by atoms with Crippen LogP contribution in [-0.2, 0) is 16.1 Å². The molecule has 1 unspecified atom stereocenters. The van der Waals surface area contributed by atoms with E-state index in [4.69, 9.17) is 10.5 Å². The van der Waals surface area contributed by atoms with Gasteiger partial charge in [-0.3, -0.25) is 24.5 Å². The maximum Gasteiger partial charge on any atom is 0.258 e. The number of nitrogens with two attached hydrogens (primary N) is 1. The molecule has 0 aliphatic carbocycles. The highest BCUT2D eigenvalue weighted by atomic mass is 16.5. The fraction of sp³-hybridized carbons (Fsp3) is 0.333. The fourth-order valence-electron chi connectivity index (χ4n) is 3.04. The number of piperidine rings is 1. The highest BCUT2D eigenvalue weighted by Crippen LogP contribution is 2.35. The second-order valence-electron chi connectivity index (χ2n) is 5.43. The monoisotopic (exact) mass is 317 g/mol. The van der Waals surface area contributed by atoms with Gasteiger partial charge >= 0.3 is 0 Å². The van der Waals surface area contributed by atoms with Crippen molar-refractivity contribution < 1.29 is 23.9 Å². The summed E-state index contributed by atoms with van der Waals surface area (Å²) < 4.78 is 5.19. The second kappa shape index (κ2) is 5.38. The number of carbonyl (C=O) groups excluding carboxylic acids is 4. The zero-order valence-electron chi connectivity index (χ0n) is 12.4. The molecule has 2 heterocycles. The first kappa shape index (κ1) is 15.0. The molecule has 0 radical (unpaired) electrons. The third kappa shape index (κ3) is 2.32. The third-order valence-corrected chi connectivity index (χ3v) is 4.15. The summed E-state index contributed by atoms with van der Waals surface area (Å²) >= 11 is 0. The number of methoxy groups -OCH3 is 1. The van der Waals surface area contributed by atoms with Gasteiger partial charge in [0.25, 0.3) is 5.91 Å². The lowest BCUT2D eigenvalue weighted by molar-refractivity contribution is -0.136. The largest absolute Gasteiger partial charge is 0.496 e. The number of rotatable bonds is 3. The Bertz CT molecular complexity index is 743. The van der Waals surface area contributed by atoms with Gasteiger partial charge in [0.2, 0.25) is 17.7 Å². The molecule has 0 aromatic heterocycles. The molecule has 0 saturated carbocycles. The van der Waals surface area contributed by atoms with Crippen LogP contribution in [0.15, 0.2) is 12.1 Å². The molecular weight excluding hydrogens is 302 g/mol. The van der Waals surface area contributed by atoms with Crippen molar-refractivity contribution in [3.05, 3.63) is 28.8 Å². The Hall–Kier alpha value is -2.90. The van der Waals surface area contributed by atoms with E-state index in [0.717, 1.165) is 0 Å². The quantitative estimate of drug-likeness (QED) is 0.732. The predicted octanol–water partition coefficient (Wildman–Crippen LogP) is -0.445. The van der Waals surface area contributed by atoms with Crippen molar-refractivity contribution in [1.82, 2.24) is 10.2 Å². The van der Waals surface area contributed by atoms with Crippen molar-refractivity contribution in [3.8, 4) is 5.75 Å². The molecule has 3 N–H and O–H groups in total. The number of hydrogen-bond donors (Lipinski definition) is 2. The molecule has 1 atom stereocenters. The highest BCUT2D eigenvalue weighted by molar-refractivity contribution is 6.09. The van der Waals surface area contributed by atoms with Crippen molar-refractivity contribution in [1.29, 1.82) is 0 Å². The van der Waals surface area contributed by atoms with Crippen LogP contribution in [0.2, 0.25) is 0 Å². The Kier molecular flexibility index (Phi) is 3.51. The molecule has 0 bridgehead atoms. The molecule has 1 saturated heterocycles. The molecule has 2 aliphatic heterocycles. The number of nitrogens with zero attached hydrogens (tertiary/aromatic N) is 1. The molecule has 8 heteroatoms. The Morgan fingerprint density at radius 3 is 2.70 bits per heavy atom. The van der Waals surface area contributed by atoms with Crippen LogP contribution in [0.4, 0.5) is 0 Å². The maximum atomic E-state index is 12.7. The van der Waals surface area contributed by atoms with Crippen LogP contribution in [0.5, 0.6) is 5.75 Å². The summed E-state index contributed by atoms with van der Waals surface area (Å²) in [6.07, 6.45) is 0.412. The van der Waals surface area contributed by atoms with Crippen LogP contribution in [0, 0.1) is 0 Å². The van der Waals surface area contributed by atoms with E-state index in [-0.39, 0.29) is 36.4 Å². The molecule has 23 heavy (non-hydrogen) atoms. The molecule has 8 nitrogen and oxygen atoms in total. The molecule has 1 fully saturated rings.